The number of hydrogen-bond donors (Lipinski definition) is 0. The van der Waals surface area contributed by atoms with Crippen molar-refractivity contribution in [2.75, 3.05) is 0 Å². The Morgan fingerprint density at radius 2 is 1.27 bits per heavy atom. The number of para-hydroxylation sites is 1. The van der Waals surface area contributed by atoms with Gasteiger partial charge in [-0.1, -0.05) is 127 Å². The maximum atomic E-state index is 6.49. The molecule has 0 fully saturated rings. The molecule has 2 atom stereocenters. The van der Waals surface area contributed by atoms with Crippen molar-refractivity contribution in [3.63, 3.8) is 0 Å². The van der Waals surface area contributed by atoms with Gasteiger partial charge in [0.25, 0.3) is 0 Å². The van der Waals surface area contributed by atoms with Gasteiger partial charge in [-0.2, -0.15) is 0 Å². The summed E-state index contributed by atoms with van der Waals surface area (Å²) in [6.07, 6.45) is 11.2. The van der Waals surface area contributed by atoms with Gasteiger partial charge in [0.05, 0.1) is 0 Å². The van der Waals surface area contributed by atoms with Crippen molar-refractivity contribution >= 4 is 59.0 Å². The first-order chi connectivity index (χ1) is 25.8. The molecule has 0 saturated carbocycles. The summed E-state index contributed by atoms with van der Waals surface area (Å²) < 4.78 is 9.04. The molecule has 0 bridgehead atoms. The van der Waals surface area contributed by atoms with Crippen molar-refractivity contribution in [2.24, 2.45) is 5.92 Å². The van der Waals surface area contributed by atoms with Crippen LogP contribution in [0.15, 0.2) is 168 Å². The Bertz CT molecular complexity index is 2980. The molecule has 5 heteroatoms. The normalized spacial score (nSPS) is 16.4. The Morgan fingerprint density at radius 1 is 0.519 bits per heavy atom. The molecule has 6 aromatic carbocycles. The second-order valence-electron chi connectivity index (χ2n) is 13.5. The molecule has 4 nitrogen and oxygen atoms in total. The number of nitrogens with zero attached hydrogens (tertiary/aromatic N) is 3. The minimum atomic E-state index is 0.208. The van der Waals surface area contributed by atoms with Gasteiger partial charge in [-0.05, 0) is 58.7 Å². The van der Waals surface area contributed by atoms with Gasteiger partial charge in [0.1, 0.15) is 11.2 Å². The quantitative estimate of drug-likeness (QED) is 0.185. The van der Waals surface area contributed by atoms with Crippen LogP contribution in [0.5, 0.6) is 0 Å². The van der Waals surface area contributed by atoms with Crippen LogP contribution in [0, 0.1) is 5.92 Å². The first kappa shape index (κ1) is 29.3. The van der Waals surface area contributed by atoms with E-state index in [1.54, 1.807) is 0 Å². The monoisotopic (exact) mass is 683 g/mol. The van der Waals surface area contributed by atoms with Crippen LogP contribution < -0.4 is 0 Å². The number of thiophene rings is 1. The van der Waals surface area contributed by atoms with Crippen LogP contribution in [0.25, 0.3) is 81.6 Å². The first-order valence-electron chi connectivity index (χ1n) is 17.6. The highest BCUT2D eigenvalue weighted by atomic mass is 32.1. The Labute approximate surface area is 303 Å². The van der Waals surface area contributed by atoms with Gasteiger partial charge in [-0.15, -0.1) is 11.3 Å². The first-order valence-corrected chi connectivity index (χ1v) is 18.4. The lowest BCUT2D eigenvalue weighted by molar-refractivity contribution is 0.669. The number of aromatic nitrogens is 3. The lowest BCUT2D eigenvalue weighted by Gasteiger charge is -2.30. The smallest absolute Gasteiger partial charge is 0.165 e. The van der Waals surface area contributed by atoms with Gasteiger partial charge in [0, 0.05) is 59.5 Å². The van der Waals surface area contributed by atoms with E-state index < -0.39 is 0 Å². The highest BCUT2D eigenvalue weighted by molar-refractivity contribution is 7.25. The maximum absolute atomic E-state index is 6.49. The molecule has 0 aliphatic heterocycles. The summed E-state index contributed by atoms with van der Waals surface area (Å²) in [5, 5.41) is 4.54. The van der Waals surface area contributed by atoms with Crippen molar-refractivity contribution in [2.45, 2.75) is 5.92 Å². The zero-order valence-electron chi connectivity index (χ0n) is 27.9. The van der Waals surface area contributed by atoms with E-state index in [0.29, 0.717) is 17.5 Å². The fraction of sp³-hybridized carbons (Fsp3) is 0.0426. The van der Waals surface area contributed by atoms with E-state index in [2.05, 4.69) is 134 Å². The number of rotatable bonds is 4. The Kier molecular flexibility index (Phi) is 6.51. The summed E-state index contributed by atoms with van der Waals surface area (Å²) in [5.41, 5.74) is 9.12. The van der Waals surface area contributed by atoms with Crippen LogP contribution in [-0.2, 0) is 0 Å². The van der Waals surface area contributed by atoms with E-state index in [9.17, 15) is 0 Å². The summed E-state index contributed by atoms with van der Waals surface area (Å²) in [7, 11) is 0. The number of benzene rings is 6. The van der Waals surface area contributed by atoms with Crippen LogP contribution in [0.3, 0.4) is 0 Å². The van der Waals surface area contributed by atoms with Gasteiger partial charge in [-0.25, -0.2) is 15.0 Å². The largest absolute Gasteiger partial charge is 0.456 e. The molecular weight excluding hydrogens is 655 g/mol. The molecule has 9 aromatic rings. The van der Waals surface area contributed by atoms with Crippen LogP contribution in [0.4, 0.5) is 0 Å². The molecule has 0 amide bonds. The molecule has 2 aliphatic rings. The molecule has 2 unspecified atom stereocenters. The summed E-state index contributed by atoms with van der Waals surface area (Å²) >= 11 is 1.83. The molecule has 0 N–H and O–H groups in total. The minimum absolute atomic E-state index is 0.208. The fourth-order valence-corrected chi connectivity index (χ4v) is 9.20. The Balaban J connectivity index is 1.22. The summed E-state index contributed by atoms with van der Waals surface area (Å²) in [6, 6.07) is 46.9. The second-order valence-corrected chi connectivity index (χ2v) is 14.6. The van der Waals surface area contributed by atoms with Crippen LogP contribution in [-0.4, -0.2) is 15.0 Å². The Hall–Kier alpha value is -6.43. The molecule has 0 saturated heterocycles. The lowest BCUT2D eigenvalue weighted by atomic mass is 9.74. The summed E-state index contributed by atoms with van der Waals surface area (Å²) in [4.78, 5) is 16.0. The van der Waals surface area contributed by atoms with Gasteiger partial charge in [0.15, 0.2) is 17.5 Å². The van der Waals surface area contributed by atoms with Crippen molar-refractivity contribution in [3.8, 4) is 33.9 Å². The molecule has 0 radical (unpaired) electrons. The van der Waals surface area contributed by atoms with E-state index in [4.69, 9.17) is 19.4 Å². The third kappa shape index (κ3) is 4.56. The molecular formula is C47H29N3OS. The van der Waals surface area contributed by atoms with Crippen LogP contribution in [0.2, 0.25) is 0 Å². The van der Waals surface area contributed by atoms with E-state index in [1.807, 2.05) is 41.7 Å². The highest BCUT2D eigenvalue weighted by Crippen LogP contribution is 2.46. The van der Waals surface area contributed by atoms with Crippen molar-refractivity contribution in [3.05, 3.63) is 181 Å². The van der Waals surface area contributed by atoms with Gasteiger partial charge < -0.3 is 4.42 Å². The molecule has 0 spiro atoms. The van der Waals surface area contributed by atoms with Gasteiger partial charge in [0.2, 0.25) is 0 Å². The number of hydrogen-bond acceptors (Lipinski definition) is 5. The van der Waals surface area contributed by atoms with Crippen molar-refractivity contribution in [1.82, 2.24) is 15.0 Å². The zero-order chi connectivity index (χ0) is 34.2. The van der Waals surface area contributed by atoms with E-state index >= 15 is 0 Å². The fourth-order valence-electron chi connectivity index (χ4n) is 8.11. The van der Waals surface area contributed by atoms with Crippen molar-refractivity contribution < 1.29 is 4.42 Å². The number of allylic oxidation sites excluding steroid dienone is 5. The predicted octanol–water partition coefficient (Wildman–Crippen LogP) is 12.4. The van der Waals surface area contributed by atoms with E-state index in [1.165, 1.54) is 25.7 Å². The molecule has 3 heterocycles. The average Bonchev–Trinajstić information content (AvgIpc) is 3.78. The van der Waals surface area contributed by atoms with Crippen LogP contribution in [0.1, 0.15) is 22.9 Å². The lowest BCUT2D eigenvalue weighted by Crippen LogP contribution is -2.17. The zero-order valence-corrected chi connectivity index (χ0v) is 28.7. The Morgan fingerprint density at radius 3 is 2.21 bits per heavy atom. The highest BCUT2D eigenvalue weighted by Gasteiger charge is 2.30. The molecule has 3 aromatic heterocycles. The predicted molar refractivity (Wildman–Crippen MR) is 214 cm³/mol. The third-order valence-electron chi connectivity index (χ3n) is 10.5. The summed E-state index contributed by atoms with van der Waals surface area (Å²) in [5.74, 6) is 2.40. The van der Waals surface area contributed by atoms with Crippen molar-refractivity contribution in [1.29, 1.82) is 0 Å². The van der Waals surface area contributed by atoms with E-state index in [-0.39, 0.29) is 11.8 Å². The third-order valence-corrected chi connectivity index (χ3v) is 11.7. The number of furan rings is 1. The SMILES string of the molecule is C1=CC2C=C(c3nc(-c4ccccc4)nc(-c4c(-c5ccc6sc7ccccc7c6c5)ccc5oc6ccccc6c45)n3)c3ccccc3C2C=C1. The van der Waals surface area contributed by atoms with Crippen LogP contribution >= 0.6 is 11.3 Å². The molecule has 52 heavy (non-hydrogen) atoms. The molecule has 2 aliphatic carbocycles. The van der Waals surface area contributed by atoms with E-state index in [0.717, 1.165) is 55.3 Å². The average molecular weight is 684 g/mol. The minimum Gasteiger partial charge on any atom is -0.456 e. The molecule has 244 valence electrons. The number of fused-ring (bicyclic) bond motifs is 9. The second kappa shape index (κ2) is 11.6. The van der Waals surface area contributed by atoms with Gasteiger partial charge in [-0.3, -0.25) is 0 Å². The topological polar surface area (TPSA) is 51.8 Å². The standard InChI is InChI=1S/C47H29N3OS/c1-2-12-28(13-3-1)45-48-46(38-27-29-14-4-5-15-31(29)33-16-6-7-17-34(33)38)50-47(49-45)44-32(23-24-40-43(44)36-19-8-10-20-39(36)51-40)30-22-25-42-37(26-30)35-18-9-11-21-41(35)52-42/h1-27,29,31H. The van der Waals surface area contributed by atoms with Gasteiger partial charge >= 0.3 is 0 Å². The summed E-state index contributed by atoms with van der Waals surface area (Å²) in [6.45, 7) is 0. The maximum Gasteiger partial charge on any atom is 0.165 e. The molecule has 11 rings (SSSR count).